The maximum Gasteiger partial charge on any atom is 0.315 e. The van der Waals surface area contributed by atoms with Gasteiger partial charge in [0.05, 0.1) is 10.7 Å². The number of rotatable bonds is 5. The van der Waals surface area contributed by atoms with Crippen LogP contribution in [0.4, 0.5) is 4.79 Å². The Morgan fingerprint density at radius 3 is 2.74 bits per heavy atom. The summed E-state index contributed by atoms with van der Waals surface area (Å²) in [5.41, 5.74) is 2.83. The first kappa shape index (κ1) is 15.4. The molecule has 0 radical (unpaired) electrons. The van der Waals surface area contributed by atoms with Crippen molar-refractivity contribution in [3.05, 3.63) is 71.1 Å². The van der Waals surface area contributed by atoms with E-state index in [1.807, 2.05) is 59.3 Å². The van der Waals surface area contributed by atoms with E-state index in [9.17, 15) is 4.79 Å². The third-order valence-corrected chi connectivity index (χ3v) is 3.65. The summed E-state index contributed by atoms with van der Waals surface area (Å²) in [6.45, 7) is 1.04. The molecule has 3 aromatic rings. The lowest BCUT2D eigenvalue weighted by molar-refractivity contribution is 0.240. The number of carbonyl (C=O) groups excluding carboxylic acids is 1. The number of amides is 2. The molecular formula is C17H17ClN4O. The molecule has 0 aliphatic heterocycles. The monoisotopic (exact) mass is 328 g/mol. The van der Waals surface area contributed by atoms with Gasteiger partial charge in [0.25, 0.3) is 0 Å². The Balaban J connectivity index is 1.45. The van der Waals surface area contributed by atoms with Gasteiger partial charge in [-0.15, -0.1) is 0 Å². The maximum atomic E-state index is 11.8. The molecule has 2 heterocycles. The number of urea groups is 1. The molecular weight excluding hydrogens is 312 g/mol. The molecule has 0 aliphatic carbocycles. The largest absolute Gasteiger partial charge is 0.338 e. The summed E-state index contributed by atoms with van der Waals surface area (Å²) in [5.74, 6) is 0. The Hall–Kier alpha value is -2.53. The van der Waals surface area contributed by atoms with Crippen molar-refractivity contribution in [2.75, 3.05) is 6.54 Å². The molecule has 6 heteroatoms. The van der Waals surface area contributed by atoms with Crippen LogP contribution in [0.25, 0.3) is 5.65 Å². The summed E-state index contributed by atoms with van der Waals surface area (Å²) >= 11 is 5.95. The van der Waals surface area contributed by atoms with E-state index < -0.39 is 0 Å². The van der Waals surface area contributed by atoms with Crippen molar-refractivity contribution < 1.29 is 4.79 Å². The van der Waals surface area contributed by atoms with Crippen molar-refractivity contribution in [3.63, 3.8) is 0 Å². The zero-order valence-electron chi connectivity index (χ0n) is 12.5. The highest BCUT2D eigenvalue weighted by Gasteiger charge is 2.04. The number of fused-ring (bicyclic) bond motifs is 1. The van der Waals surface area contributed by atoms with Gasteiger partial charge < -0.3 is 15.0 Å². The number of imidazole rings is 1. The fourth-order valence-electron chi connectivity index (χ4n) is 2.28. The lowest BCUT2D eigenvalue weighted by atomic mass is 10.2. The molecule has 0 bridgehead atoms. The minimum Gasteiger partial charge on any atom is -0.338 e. The highest BCUT2D eigenvalue weighted by molar-refractivity contribution is 6.30. The van der Waals surface area contributed by atoms with Crippen LogP contribution in [0.15, 0.2) is 54.9 Å². The van der Waals surface area contributed by atoms with Gasteiger partial charge in [-0.3, -0.25) is 0 Å². The van der Waals surface area contributed by atoms with Crippen LogP contribution in [0.2, 0.25) is 5.02 Å². The number of pyridine rings is 1. The summed E-state index contributed by atoms with van der Waals surface area (Å²) in [6.07, 6.45) is 4.40. The predicted molar refractivity (Wildman–Crippen MR) is 90.6 cm³/mol. The molecule has 3 rings (SSSR count). The smallest absolute Gasteiger partial charge is 0.315 e. The molecule has 0 atom stereocenters. The van der Waals surface area contributed by atoms with Crippen molar-refractivity contribution in [3.8, 4) is 0 Å². The first-order valence-corrected chi connectivity index (χ1v) is 7.77. The predicted octanol–water partition coefficient (Wildman–Crippen LogP) is 3.03. The van der Waals surface area contributed by atoms with Gasteiger partial charge in [-0.05, 0) is 17.7 Å². The zero-order valence-corrected chi connectivity index (χ0v) is 13.3. The molecule has 2 amide bonds. The molecule has 2 aromatic heterocycles. The van der Waals surface area contributed by atoms with E-state index in [0.717, 1.165) is 16.9 Å². The Labute approximate surface area is 139 Å². The van der Waals surface area contributed by atoms with E-state index >= 15 is 0 Å². The van der Waals surface area contributed by atoms with E-state index in [-0.39, 0.29) is 6.03 Å². The third kappa shape index (κ3) is 4.23. The van der Waals surface area contributed by atoms with Crippen LogP contribution in [0.3, 0.4) is 0 Å². The molecule has 0 aliphatic rings. The van der Waals surface area contributed by atoms with Crippen LogP contribution in [-0.4, -0.2) is 22.0 Å². The highest BCUT2D eigenvalue weighted by Crippen LogP contribution is 2.11. The Bertz CT molecular complexity index is 801. The van der Waals surface area contributed by atoms with Crippen molar-refractivity contribution in [1.82, 2.24) is 20.0 Å². The summed E-state index contributed by atoms with van der Waals surface area (Å²) in [7, 11) is 0. The third-order valence-electron chi connectivity index (χ3n) is 3.43. The number of nitrogens with zero attached hydrogens (tertiary/aromatic N) is 2. The summed E-state index contributed by atoms with van der Waals surface area (Å²) < 4.78 is 1.88. The molecule has 118 valence electrons. The minimum absolute atomic E-state index is 0.180. The van der Waals surface area contributed by atoms with E-state index in [1.165, 1.54) is 0 Å². The molecule has 0 unspecified atom stereocenters. The van der Waals surface area contributed by atoms with Crippen molar-refractivity contribution in [2.24, 2.45) is 0 Å². The van der Waals surface area contributed by atoms with Crippen LogP contribution in [0.5, 0.6) is 0 Å². The molecule has 5 nitrogen and oxygen atoms in total. The Kier molecular flexibility index (Phi) is 4.78. The number of hydrogen-bond acceptors (Lipinski definition) is 2. The van der Waals surface area contributed by atoms with Crippen LogP contribution in [0, 0.1) is 0 Å². The quantitative estimate of drug-likeness (QED) is 0.756. The number of carbonyl (C=O) groups is 1. The minimum atomic E-state index is -0.180. The molecule has 0 fully saturated rings. The Morgan fingerprint density at radius 1 is 1.09 bits per heavy atom. The fraction of sp³-hybridized carbons (Fsp3) is 0.176. The average Bonchev–Trinajstić information content (AvgIpc) is 2.95. The molecule has 0 spiro atoms. The Morgan fingerprint density at radius 2 is 1.91 bits per heavy atom. The van der Waals surface area contributed by atoms with Gasteiger partial charge in [-0.2, -0.15) is 0 Å². The van der Waals surface area contributed by atoms with E-state index in [4.69, 9.17) is 11.6 Å². The van der Waals surface area contributed by atoms with Gasteiger partial charge in [0, 0.05) is 31.9 Å². The lowest BCUT2D eigenvalue weighted by Crippen LogP contribution is -2.36. The van der Waals surface area contributed by atoms with Crippen LogP contribution in [-0.2, 0) is 13.0 Å². The SMILES string of the molecule is O=C(NCCc1cn2cc(Cl)ccc2n1)NCc1ccccc1. The first-order chi connectivity index (χ1) is 11.2. The second kappa shape index (κ2) is 7.15. The van der Waals surface area contributed by atoms with Gasteiger partial charge in [-0.1, -0.05) is 41.9 Å². The van der Waals surface area contributed by atoms with Crippen LogP contribution < -0.4 is 10.6 Å². The average molecular weight is 329 g/mol. The summed E-state index contributed by atoms with van der Waals surface area (Å²) in [5, 5.41) is 6.32. The molecule has 23 heavy (non-hydrogen) atoms. The van der Waals surface area contributed by atoms with Crippen LogP contribution in [0.1, 0.15) is 11.3 Å². The van der Waals surface area contributed by atoms with E-state index in [2.05, 4.69) is 15.6 Å². The second-order valence-electron chi connectivity index (χ2n) is 5.19. The first-order valence-electron chi connectivity index (χ1n) is 7.39. The maximum absolute atomic E-state index is 11.8. The van der Waals surface area contributed by atoms with Gasteiger partial charge >= 0.3 is 6.03 Å². The normalized spacial score (nSPS) is 10.7. The second-order valence-corrected chi connectivity index (χ2v) is 5.63. The number of nitrogens with one attached hydrogen (secondary N) is 2. The van der Waals surface area contributed by atoms with Gasteiger partial charge in [-0.25, -0.2) is 9.78 Å². The standard InChI is InChI=1S/C17H17ClN4O/c18-14-6-7-16-21-15(12-22(16)11-14)8-9-19-17(23)20-10-13-4-2-1-3-5-13/h1-7,11-12H,8-10H2,(H2,19,20,23). The zero-order chi connectivity index (χ0) is 16.1. The number of benzene rings is 1. The molecule has 0 saturated carbocycles. The number of hydrogen-bond donors (Lipinski definition) is 2. The highest BCUT2D eigenvalue weighted by atomic mass is 35.5. The number of aromatic nitrogens is 2. The van der Waals surface area contributed by atoms with E-state index in [1.54, 1.807) is 0 Å². The van der Waals surface area contributed by atoms with Crippen molar-refractivity contribution in [1.29, 1.82) is 0 Å². The summed E-state index contributed by atoms with van der Waals surface area (Å²) in [4.78, 5) is 16.2. The summed E-state index contributed by atoms with van der Waals surface area (Å²) in [6, 6.07) is 13.3. The van der Waals surface area contributed by atoms with E-state index in [0.29, 0.717) is 24.5 Å². The van der Waals surface area contributed by atoms with Crippen molar-refractivity contribution >= 4 is 23.3 Å². The molecule has 0 saturated heterocycles. The lowest BCUT2D eigenvalue weighted by Gasteiger charge is -2.06. The van der Waals surface area contributed by atoms with Gasteiger partial charge in [0.2, 0.25) is 0 Å². The van der Waals surface area contributed by atoms with Gasteiger partial charge in [0.15, 0.2) is 0 Å². The van der Waals surface area contributed by atoms with Gasteiger partial charge in [0.1, 0.15) is 5.65 Å². The topological polar surface area (TPSA) is 58.4 Å². The van der Waals surface area contributed by atoms with Crippen LogP contribution >= 0.6 is 11.6 Å². The molecule has 2 N–H and O–H groups in total. The number of halogens is 1. The fourth-order valence-corrected chi connectivity index (χ4v) is 2.45. The molecule has 1 aromatic carbocycles. The van der Waals surface area contributed by atoms with Crippen molar-refractivity contribution in [2.45, 2.75) is 13.0 Å².